The molecule has 0 radical (unpaired) electrons. The average Bonchev–Trinajstić information content (AvgIpc) is 2.26. The zero-order valence-electron chi connectivity index (χ0n) is 9.67. The molecule has 0 heterocycles. The van der Waals surface area contributed by atoms with Crippen LogP contribution in [0.25, 0.3) is 0 Å². The topological polar surface area (TPSA) is 46.5 Å². The molecule has 1 aromatic rings. The molecule has 1 N–H and O–H groups in total. The predicted molar refractivity (Wildman–Crippen MR) is 57.5 cm³/mol. The lowest BCUT2D eigenvalue weighted by Gasteiger charge is -2.11. The van der Waals surface area contributed by atoms with Gasteiger partial charge in [0.25, 0.3) is 0 Å². The van der Waals surface area contributed by atoms with Crippen molar-refractivity contribution >= 4 is 5.97 Å². The van der Waals surface area contributed by atoms with Crippen molar-refractivity contribution in [1.29, 1.82) is 0 Å². The van der Waals surface area contributed by atoms with Crippen molar-refractivity contribution in [2.45, 2.75) is 20.3 Å². The number of ether oxygens (including phenoxy) is 1. The number of hydrogen-bond acceptors (Lipinski definition) is 3. The predicted octanol–water partition coefficient (Wildman–Crippen LogP) is 2.41. The number of hydrogen-bond donors (Lipinski definition) is 1. The highest BCUT2D eigenvalue weighted by atomic mass is 19.1. The van der Waals surface area contributed by atoms with E-state index in [2.05, 4.69) is 0 Å². The second-order valence-electron chi connectivity index (χ2n) is 3.77. The van der Waals surface area contributed by atoms with E-state index in [9.17, 15) is 13.6 Å². The summed E-state index contributed by atoms with van der Waals surface area (Å²) >= 11 is 0. The van der Waals surface area contributed by atoms with E-state index in [1.807, 2.05) is 0 Å². The van der Waals surface area contributed by atoms with Gasteiger partial charge in [0.2, 0.25) is 0 Å². The first kappa shape index (κ1) is 13.4. The molecule has 0 unspecified atom stereocenters. The van der Waals surface area contributed by atoms with Crippen LogP contribution in [0.15, 0.2) is 12.1 Å². The minimum absolute atomic E-state index is 0.160. The summed E-state index contributed by atoms with van der Waals surface area (Å²) in [4.78, 5) is 11.3. The molecule has 0 amide bonds. The third-order valence-corrected chi connectivity index (χ3v) is 2.31. The van der Waals surface area contributed by atoms with E-state index in [1.54, 1.807) is 13.8 Å². The van der Waals surface area contributed by atoms with Gasteiger partial charge in [-0.25, -0.2) is 8.78 Å². The number of aromatic hydroxyl groups is 1. The van der Waals surface area contributed by atoms with Crippen molar-refractivity contribution in [3.63, 3.8) is 0 Å². The molecule has 94 valence electrons. The van der Waals surface area contributed by atoms with Gasteiger partial charge in [-0.2, -0.15) is 0 Å². The highest BCUT2D eigenvalue weighted by molar-refractivity contribution is 5.72. The van der Waals surface area contributed by atoms with E-state index < -0.39 is 29.3 Å². The highest BCUT2D eigenvalue weighted by Gasteiger charge is 2.17. The van der Waals surface area contributed by atoms with Gasteiger partial charge in [-0.15, -0.1) is 0 Å². The monoisotopic (exact) mass is 244 g/mol. The first-order valence-corrected chi connectivity index (χ1v) is 5.29. The van der Waals surface area contributed by atoms with Crippen LogP contribution in [0.3, 0.4) is 0 Å². The van der Waals surface area contributed by atoms with Gasteiger partial charge in [0, 0.05) is 0 Å². The zero-order chi connectivity index (χ0) is 13.0. The van der Waals surface area contributed by atoms with Gasteiger partial charge < -0.3 is 9.84 Å². The standard InChI is InChI=1S/C12H14F2O3/c1-3-17-12(16)7(2)4-8-5-9(13)11(15)10(14)6-8/h5-7,15H,3-4H2,1-2H3/t7-/m0/s1. The fraction of sp³-hybridized carbons (Fsp3) is 0.417. The van der Waals surface area contributed by atoms with Gasteiger partial charge in [-0.05, 0) is 31.0 Å². The van der Waals surface area contributed by atoms with Crippen LogP contribution in [0, 0.1) is 17.6 Å². The normalized spacial score (nSPS) is 12.2. The van der Waals surface area contributed by atoms with Crippen LogP contribution >= 0.6 is 0 Å². The molecule has 0 saturated carbocycles. The summed E-state index contributed by atoms with van der Waals surface area (Å²) in [6.45, 7) is 3.56. The van der Waals surface area contributed by atoms with E-state index in [0.717, 1.165) is 12.1 Å². The maximum Gasteiger partial charge on any atom is 0.308 e. The van der Waals surface area contributed by atoms with Crippen LogP contribution in [0.2, 0.25) is 0 Å². The Hall–Kier alpha value is -1.65. The first-order chi connectivity index (χ1) is 7.95. The number of esters is 1. The van der Waals surface area contributed by atoms with Crippen molar-refractivity contribution in [1.82, 2.24) is 0 Å². The van der Waals surface area contributed by atoms with E-state index in [-0.39, 0.29) is 13.0 Å². The summed E-state index contributed by atoms with van der Waals surface area (Å²) in [6.07, 6.45) is 0.160. The van der Waals surface area contributed by atoms with E-state index in [1.165, 1.54) is 0 Å². The first-order valence-electron chi connectivity index (χ1n) is 5.29. The summed E-state index contributed by atoms with van der Waals surface area (Å²) in [5, 5.41) is 8.92. The molecule has 3 nitrogen and oxygen atoms in total. The average molecular weight is 244 g/mol. The Balaban J connectivity index is 2.78. The van der Waals surface area contributed by atoms with Gasteiger partial charge in [0.1, 0.15) is 0 Å². The molecule has 1 rings (SSSR count). The van der Waals surface area contributed by atoms with E-state index >= 15 is 0 Å². The Kier molecular flexibility index (Phi) is 4.43. The molecule has 1 atom stereocenters. The van der Waals surface area contributed by atoms with Gasteiger partial charge in [-0.3, -0.25) is 4.79 Å². The molecular weight excluding hydrogens is 230 g/mol. The van der Waals surface area contributed by atoms with Crippen LogP contribution < -0.4 is 0 Å². The van der Waals surface area contributed by atoms with Crippen LogP contribution in [0.4, 0.5) is 8.78 Å². The van der Waals surface area contributed by atoms with E-state index in [0.29, 0.717) is 5.56 Å². The molecule has 0 saturated heterocycles. The molecule has 0 fully saturated rings. The Labute approximate surface area is 98.0 Å². The fourth-order valence-corrected chi connectivity index (χ4v) is 1.46. The maximum absolute atomic E-state index is 13.0. The third kappa shape index (κ3) is 3.41. The van der Waals surface area contributed by atoms with Crippen LogP contribution in [-0.2, 0) is 16.0 Å². The van der Waals surface area contributed by atoms with Gasteiger partial charge in [-0.1, -0.05) is 6.92 Å². The SMILES string of the molecule is CCOC(=O)[C@@H](C)Cc1cc(F)c(O)c(F)c1. The Morgan fingerprint density at radius 2 is 1.94 bits per heavy atom. The molecule has 5 heteroatoms. The zero-order valence-corrected chi connectivity index (χ0v) is 9.67. The quantitative estimate of drug-likeness (QED) is 0.827. The number of phenols is 1. The van der Waals surface area contributed by atoms with Crippen molar-refractivity contribution in [3.05, 3.63) is 29.3 Å². The second-order valence-corrected chi connectivity index (χ2v) is 3.77. The fourth-order valence-electron chi connectivity index (χ4n) is 1.46. The third-order valence-electron chi connectivity index (χ3n) is 2.31. The molecule has 0 aliphatic carbocycles. The number of rotatable bonds is 4. The molecule has 0 bridgehead atoms. The molecule has 0 aromatic heterocycles. The minimum Gasteiger partial charge on any atom is -0.503 e. The minimum atomic E-state index is -1.03. The molecule has 0 aliphatic heterocycles. The largest absolute Gasteiger partial charge is 0.503 e. The Morgan fingerprint density at radius 1 is 1.41 bits per heavy atom. The lowest BCUT2D eigenvalue weighted by Crippen LogP contribution is -2.17. The van der Waals surface area contributed by atoms with Crippen molar-refractivity contribution < 1.29 is 23.4 Å². The lowest BCUT2D eigenvalue weighted by molar-refractivity contribution is -0.147. The molecule has 0 spiro atoms. The Bertz CT molecular complexity index is 395. The number of phenolic OH excluding ortho intramolecular Hbond substituents is 1. The Morgan fingerprint density at radius 3 is 2.41 bits per heavy atom. The molecule has 0 aliphatic rings. The molecule has 1 aromatic carbocycles. The van der Waals surface area contributed by atoms with Crippen LogP contribution in [0.5, 0.6) is 5.75 Å². The van der Waals surface area contributed by atoms with Gasteiger partial charge in [0.15, 0.2) is 17.4 Å². The number of halogens is 2. The van der Waals surface area contributed by atoms with Crippen molar-refractivity contribution in [3.8, 4) is 5.75 Å². The second kappa shape index (κ2) is 5.61. The van der Waals surface area contributed by atoms with Gasteiger partial charge >= 0.3 is 5.97 Å². The maximum atomic E-state index is 13.0. The van der Waals surface area contributed by atoms with Crippen LogP contribution in [-0.4, -0.2) is 17.7 Å². The van der Waals surface area contributed by atoms with Crippen molar-refractivity contribution in [2.75, 3.05) is 6.61 Å². The van der Waals surface area contributed by atoms with E-state index in [4.69, 9.17) is 9.84 Å². The van der Waals surface area contributed by atoms with Crippen molar-refractivity contribution in [2.24, 2.45) is 5.92 Å². The number of benzene rings is 1. The van der Waals surface area contributed by atoms with Gasteiger partial charge in [0.05, 0.1) is 12.5 Å². The summed E-state index contributed by atoms with van der Waals surface area (Å²) in [5.74, 6) is -3.97. The summed E-state index contributed by atoms with van der Waals surface area (Å²) in [7, 11) is 0. The molecular formula is C12H14F2O3. The smallest absolute Gasteiger partial charge is 0.308 e. The summed E-state index contributed by atoms with van der Waals surface area (Å²) < 4.78 is 30.9. The molecule has 17 heavy (non-hydrogen) atoms. The number of carbonyl (C=O) groups excluding carboxylic acids is 1. The highest BCUT2D eigenvalue weighted by Crippen LogP contribution is 2.23. The summed E-state index contributed by atoms with van der Waals surface area (Å²) in [5.41, 5.74) is 0.304. The summed E-state index contributed by atoms with van der Waals surface area (Å²) in [6, 6.07) is 2.02. The number of carbonyl (C=O) groups is 1. The lowest BCUT2D eigenvalue weighted by atomic mass is 10.0. The van der Waals surface area contributed by atoms with Crippen LogP contribution in [0.1, 0.15) is 19.4 Å².